The summed E-state index contributed by atoms with van der Waals surface area (Å²) in [6.07, 6.45) is 2.91. The van der Waals surface area contributed by atoms with Crippen molar-refractivity contribution in [1.29, 1.82) is 5.41 Å². The zero-order chi connectivity index (χ0) is 13.3. The second-order valence-electron chi connectivity index (χ2n) is 5.70. The molecule has 0 bridgehead atoms. The summed E-state index contributed by atoms with van der Waals surface area (Å²) in [5, 5.41) is 7.41. The van der Waals surface area contributed by atoms with Gasteiger partial charge < -0.3 is 10.5 Å². The van der Waals surface area contributed by atoms with Gasteiger partial charge in [-0.2, -0.15) is 0 Å². The maximum Gasteiger partial charge on any atom is 0.122 e. The van der Waals surface area contributed by atoms with E-state index in [0.717, 1.165) is 18.6 Å². The molecule has 0 radical (unpaired) electrons. The normalized spacial score (nSPS) is 16.4. The third kappa shape index (κ3) is 2.84. The molecule has 0 saturated heterocycles. The maximum atomic E-state index is 7.41. The number of hydrogen-bond acceptors (Lipinski definition) is 2. The van der Waals surface area contributed by atoms with Crippen LogP contribution in [0.15, 0.2) is 12.1 Å². The van der Waals surface area contributed by atoms with E-state index in [1.807, 2.05) is 0 Å². The first-order valence-electron chi connectivity index (χ1n) is 6.45. The Labute approximate surface area is 109 Å². The topological polar surface area (TPSA) is 59.1 Å². The molecule has 1 fully saturated rings. The number of aryl methyl sites for hydroxylation is 2. The van der Waals surface area contributed by atoms with E-state index in [1.54, 1.807) is 0 Å². The first kappa shape index (κ1) is 12.9. The van der Waals surface area contributed by atoms with Gasteiger partial charge in [0.15, 0.2) is 0 Å². The molecule has 3 nitrogen and oxygen atoms in total. The van der Waals surface area contributed by atoms with E-state index >= 15 is 0 Å². The molecule has 0 unspecified atom stereocenters. The zero-order valence-corrected chi connectivity index (χ0v) is 11.5. The standard InChI is InChI=1S/C15H22N2O/c1-10-6-11(2)12(3)13(7-10)18-9-15(4-5-15)8-14(16)17/h6-7H,4-5,8-9H2,1-3H3,(H3,16,17). The number of nitrogens with one attached hydrogen (secondary N) is 1. The average Bonchev–Trinajstić information content (AvgIpc) is 3.01. The van der Waals surface area contributed by atoms with Crippen molar-refractivity contribution in [2.75, 3.05) is 6.61 Å². The molecule has 1 aromatic carbocycles. The predicted molar refractivity (Wildman–Crippen MR) is 74.3 cm³/mol. The maximum absolute atomic E-state index is 7.41. The van der Waals surface area contributed by atoms with Gasteiger partial charge in [0.25, 0.3) is 0 Å². The number of amidine groups is 1. The van der Waals surface area contributed by atoms with Gasteiger partial charge in [-0.05, 0) is 56.4 Å². The van der Waals surface area contributed by atoms with Gasteiger partial charge in [-0.15, -0.1) is 0 Å². The second-order valence-corrected chi connectivity index (χ2v) is 5.70. The molecule has 0 heterocycles. The minimum absolute atomic E-state index is 0.135. The molecule has 0 amide bonds. The van der Waals surface area contributed by atoms with Crippen LogP contribution in [0.3, 0.4) is 0 Å². The Hall–Kier alpha value is -1.51. The summed E-state index contributed by atoms with van der Waals surface area (Å²) in [4.78, 5) is 0. The predicted octanol–water partition coefficient (Wildman–Crippen LogP) is 3.10. The Morgan fingerprint density at radius 3 is 2.56 bits per heavy atom. The Bertz CT molecular complexity index is 476. The van der Waals surface area contributed by atoms with Crippen LogP contribution in [0.2, 0.25) is 0 Å². The largest absolute Gasteiger partial charge is 0.493 e. The molecule has 0 atom stereocenters. The molecule has 3 heteroatoms. The number of hydrogen-bond donors (Lipinski definition) is 2. The lowest BCUT2D eigenvalue weighted by Crippen LogP contribution is -2.22. The molecule has 3 N–H and O–H groups in total. The van der Waals surface area contributed by atoms with Crippen molar-refractivity contribution in [1.82, 2.24) is 0 Å². The van der Waals surface area contributed by atoms with Crippen LogP contribution in [-0.4, -0.2) is 12.4 Å². The van der Waals surface area contributed by atoms with Crippen LogP contribution in [0.4, 0.5) is 0 Å². The lowest BCUT2D eigenvalue weighted by Gasteiger charge is -2.18. The molecule has 2 rings (SSSR count). The molecule has 98 valence electrons. The fraction of sp³-hybridized carbons (Fsp3) is 0.533. The van der Waals surface area contributed by atoms with Gasteiger partial charge >= 0.3 is 0 Å². The van der Waals surface area contributed by atoms with Crippen molar-refractivity contribution in [3.8, 4) is 5.75 Å². The highest BCUT2D eigenvalue weighted by Crippen LogP contribution is 2.49. The van der Waals surface area contributed by atoms with Crippen LogP contribution < -0.4 is 10.5 Å². The van der Waals surface area contributed by atoms with Crippen molar-refractivity contribution in [2.24, 2.45) is 11.1 Å². The van der Waals surface area contributed by atoms with Gasteiger partial charge in [-0.1, -0.05) is 6.07 Å². The number of ether oxygens (including phenoxy) is 1. The monoisotopic (exact) mass is 246 g/mol. The summed E-state index contributed by atoms with van der Waals surface area (Å²) >= 11 is 0. The number of rotatable bonds is 5. The molecular formula is C15H22N2O. The fourth-order valence-corrected chi connectivity index (χ4v) is 2.33. The molecule has 1 aromatic rings. The average molecular weight is 246 g/mol. The van der Waals surface area contributed by atoms with Crippen LogP contribution in [0.25, 0.3) is 0 Å². The third-order valence-electron chi connectivity index (χ3n) is 3.82. The molecule has 0 aliphatic heterocycles. The van der Waals surface area contributed by atoms with Gasteiger partial charge in [0.1, 0.15) is 5.75 Å². The molecule has 1 aliphatic rings. The van der Waals surface area contributed by atoms with E-state index in [-0.39, 0.29) is 11.3 Å². The molecule has 0 aromatic heterocycles. The van der Waals surface area contributed by atoms with Gasteiger partial charge in [0, 0.05) is 11.8 Å². The summed E-state index contributed by atoms with van der Waals surface area (Å²) in [6, 6.07) is 4.26. The Morgan fingerprint density at radius 2 is 2.00 bits per heavy atom. The van der Waals surface area contributed by atoms with E-state index < -0.39 is 0 Å². The summed E-state index contributed by atoms with van der Waals surface area (Å²) in [5.41, 5.74) is 9.33. The molecule has 0 spiro atoms. The van der Waals surface area contributed by atoms with Crippen LogP contribution in [0.5, 0.6) is 5.75 Å². The molecule has 1 aliphatic carbocycles. The van der Waals surface area contributed by atoms with E-state index in [2.05, 4.69) is 32.9 Å². The minimum Gasteiger partial charge on any atom is -0.493 e. The Morgan fingerprint density at radius 1 is 1.33 bits per heavy atom. The van der Waals surface area contributed by atoms with Crippen molar-refractivity contribution in [3.63, 3.8) is 0 Å². The van der Waals surface area contributed by atoms with Gasteiger partial charge in [-0.3, -0.25) is 5.41 Å². The van der Waals surface area contributed by atoms with E-state index in [9.17, 15) is 0 Å². The summed E-state index contributed by atoms with van der Waals surface area (Å²) in [7, 11) is 0. The van der Waals surface area contributed by atoms with Crippen LogP contribution in [0.1, 0.15) is 36.0 Å². The highest BCUT2D eigenvalue weighted by molar-refractivity contribution is 5.78. The third-order valence-corrected chi connectivity index (χ3v) is 3.82. The lowest BCUT2D eigenvalue weighted by molar-refractivity contribution is 0.237. The number of benzene rings is 1. The van der Waals surface area contributed by atoms with Crippen molar-refractivity contribution in [3.05, 3.63) is 28.8 Å². The summed E-state index contributed by atoms with van der Waals surface area (Å²) in [6.45, 7) is 6.96. The van der Waals surface area contributed by atoms with E-state index in [4.69, 9.17) is 15.9 Å². The van der Waals surface area contributed by atoms with Crippen LogP contribution in [-0.2, 0) is 0 Å². The highest BCUT2D eigenvalue weighted by atomic mass is 16.5. The van der Waals surface area contributed by atoms with Gasteiger partial charge in [-0.25, -0.2) is 0 Å². The first-order valence-corrected chi connectivity index (χ1v) is 6.45. The number of nitrogens with two attached hydrogens (primary N) is 1. The second kappa shape index (κ2) is 4.63. The Kier molecular flexibility index (Phi) is 3.33. The SMILES string of the molecule is Cc1cc(C)c(C)c(OCC2(CC(=N)N)CC2)c1. The lowest BCUT2D eigenvalue weighted by atomic mass is 10.0. The van der Waals surface area contributed by atoms with Gasteiger partial charge in [0.05, 0.1) is 12.4 Å². The summed E-state index contributed by atoms with van der Waals surface area (Å²) < 4.78 is 5.97. The molecule has 1 saturated carbocycles. The van der Waals surface area contributed by atoms with Crippen LogP contribution >= 0.6 is 0 Å². The van der Waals surface area contributed by atoms with Crippen molar-refractivity contribution < 1.29 is 4.74 Å². The smallest absolute Gasteiger partial charge is 0.122 e. The van der Waals surface area contributed by atoms with Crippen LogP contribution in [0, 0.1) is 31.6 Å². The highest BCUT2D eigenvalue weighted by Gasteiger charge is 2.44. The quantitative estimate of drug-likeness (QED) is 0.619. The summed E-state index contributed by atoms with van der Waals surface area (Å²) in [5.74, 6) is 1.25. The van der Waals surface area contributed by atoms with E-state index in [0.29, 0.717) is 13.0 Å². The fourth-order valence-electron chi connectivity index (χ4n) is 2.33. The zero-order valence-electron chi connectivity index (χ0n) is 11.5. The first-order chi connectivity index (χ1) is 8.42. The molecule has 18 heavy (non-hydrogen) atoms. The van der Waals surface area contributed by atoms with Crippen molar-refractivity contribution >= 4 is 5.84 Å². The van der Waals surface area contributed by atoms with Gasteiger partial charge in [0.2, 0.25) is 0 Å². The minimum atomic E-state index is 0.135. The Balaban J connectivity index is 2.05. The van der Waals surface area contributed by atoms with Crippen molar-refractivity contribution in [2.45, 2.75) is 40.0 Å². The van der Waals surface area contributed by atoms with E-state index in [1.165, 1.54) is 16.7 Å². The molecular weight excluding hydrogens is 224 g/mol.